The summed E-state index contributed by atoms with van der Waals surface area (Å²) in [7, 11) is 1.45. The van der Waals surface area contributed by atoms with Gasteiger partial charge in [0.25, 0.3) is 0 Å². The summed E-state index contributed by atoms with van der Waals surface area (Å²) in [4.78, 5) is 11.4. The Balaban J connectivity index is 2.22. The molecule has 0 bridgehead atoms. The number of nitrogens with one attached hydrogen (secondary N) is 1. The van der Waals surface area contributed by atoms with Crippen molar-refractivity contribution in [3.05, 3.63) is 29.8 Å². The summed E-state index contributed by atoms with van der Waals surface area (Å²) in [6.07, 6.45) is 2.62. The van der Waals surface area contributed by atoms with Crippen LogP contribution in [-0.2, 0) is 9.53 Å². The van der Waals surface area contributed by atoms with Crippen LogP contribution in [0.2, 0.25) is 0 Å². The zero-order chi connectivity index (χ0) is 11.4. The molecule has 1 aromatic rings. The van der Waals surface area contributed by atoms with Crippen molar-refractivity contribution in [1.82, 2.24) is 0 Å². The van der Waals surface area contributed by atoms with E-state index in [1.165, 1.54) is 12.7 Å². The van der Waals surface area contributed by atoms with Crippen LogP contribution >= 0.6 is 0 Å². The van der Waals surface area contributed by atoms with Gasteiger partial charge in [-0.1, -0.05) is 18.2 Å². The van der Waals surface area contributed by atoms with Crippen LogP contribution in [-0.4, -0.2) is 19.6 Å². The highest BCUT2D eigenvalue weighted by atomic mass is 16.5. The van der Waals surface area contributed by atoms with Gasteiger partial charge in [0.05, 0.1) is 13.5 Å². The first-order valence-electron chi connectivity index (χ1n) is 5.71. The Morgan fingerprint density at radius 3 is 3.12 bits per heavy atom. The van der Waals surface area contributed by atoms with Crippen LogP contribution in [0.5, 0.6) is 0 Å². The Labute approximate surface area is 95.8 Å². The molecule has 1 aliphatic rings. The first kappa shape index (κ1) is 11.0. The number of fused-ring (bicyclic) bond motifs is 1. The fourth-order valence-corrected chi connectivity index (χ4v) is 2.24. The van der Waals surface area contributed by atoms with E-state index in [0.29, 0.717) is 12.3 Å². The van der Waals surface area contributed by atoms with Gasteiger partial charge in [-0.05, 0) is 30.4 Å². The van der Waals surface area contributed by atoms with E-state index in [4.69, 9.17) is 4.74 Å². The Morgan fingerprint density at radius 2 is 2.31 bits per heavy atom. The molecule has 0 aliphatic carbocycles. The quantitative estimate of drug-likeness (QED) is 0.777. The maximum absolute atomic E-state index is 11.4. The topological polar surface area (TPSA) is 38.3 Å². The minimum absolute atomic E-state index is 0.123. The number of ether oxygens (including phenoxy) is 1. The summed E-state index contributed by atoms with van der Waals surface area (Å²) >= 11 is 0. The van der Waals surface area contributed by atoms with E-state index in [9.17, 15) is 4.79 Å². The molecule has 0 radical (unpaired) electrons. The van der Waals surface area contributed by atoms with Gasteiger partial charge in [0, 0.05) is 12.2 Å². The van der Waals surface area contributed by atoms with Crippen LogP contribution in [0.15, 0.2) is 24.3 Å². The third kappa shape index (κ3) is 2.35. The second-order valence-electron chi connectivity index (χ2n) is 4.13. The lowest BCUT2D eigenvalue weighted by Crippen LogP contribution is -2.08. The van der Waals surface area contributed by atoms with E-state index in [-0.39, 0.29) is 5.97 Å². The van der Waals surface area contributed by atoms with Crippen molar-refractivity contribution in [2.24, 2.45) is 0 Å². The molecule has 0 saturated carbocycles. The van der Waals surface area contributed by atoms with Crippen molar-refractivity contribution in [2.75, 3.05) is 19.0 Å². The Bertz CT molecular complexity index is 376. The van der Waals surface area contributed by atoms with E-state index >= 15 is 0 Å². The smallest absolute Gasteiger partial charge is 0.306 e. The number of hydrogen-bond acceptors (Lipinski definition) is 3. The third-order valence-corrected chi connectivity index (χ3v) is 3.09. The molecule has 0 spiro atoms. The number of carbonyl (C=O) groups is 1. The van der Waals surface area contributed by atoms with Crippen molar-refractivity contribution >= 4 is 11.7 Å². The molecule has 2 rings (SSSR count). The molecule has 0 aromatic heterocycles. The van der Waals surface area contributed by atoms with E-state index < -0.39 is 0 Å². The maximum atomic E-state index is 11.4. The Kier molecular flexibility index (Phi) is 3.44. The van der Waals surface area contributed by atoms with E-state index in [1.54, 1.807) is 0 Å². The summed E-state index contributed by atoms with van der Waals surface area (Å²) in [5, 5.41) is 3.39. The van der Waals surface area contributed by atoms with E-state index in [2.05, 4.69) is 17.4 Å². The van der Waals surface area contributed by atoms with Crippen LogP contribution in [0.4, 0.5) is 5.69 Å². The molecule has 16 heavy (non-hydrogen) atoms. The summed E-state index contributed by atoms with van der Waals surface area (Å²) in [5.41, 5.74) is 2.40. The molecule has 1 heterocycles. The predicted octanol–water partition coefficient (Wildman–Crippen LogP) is 2.54. The van der Waals surface area contributed by atoms with Gasteiger partial charge in [-0.3, -0.25) is 4.79 Å². The van der Waals surface area contributed by atoms with Gasteiger partial charge >= 0.3 is 5.97 Å². The second-order valence-corrected chi connectivity index (χ2v) is 4.13. The van der Waals surface area contributed by atoms with E-state index in [1.807, 2.05) is 12.1 Å². The Morgan fingerprint density at radius 1 is 1.50 bits per heavy atom. The van der Waals surface area contributed by atoms with Gasteiger partial charge in [-0.15, -0.1) is 0 Å². The number of carbonyl (C=O) groups excluding carboxylic acids is 1. The van der Waals surface area contributed by atoms with Crippen LogP contribution in [0.1, 0.15) is 30.7 Å². The molecule has 0 unspecified atom stereocenters. The van der Waals surface area contributed by atoms with Gasteiger partial charge in [0.15, 0.2) is 0 Å². The minimum atomic E-state index is -0.123. The largest absolute Gasteiger partial charge is 0.469 e. The van der Waals surface area contributed by atoms with Crippen LogP contribution in [0, 0.1) is 0 Å². The first-order valence-corrected chi connectivity index (χ1v) is 5.71. The highest BCUT2D eigenvalue weighted by molar-refractivity contribution is 5.71. The lowest BCUT2D eigenvalue weighted by molar-refractivity contribution is -0.141. The minimum Gasteiger partial charge on any atom is -0.469 e. The molecule has 86 valence electrons. The summed E-state index contributed by atoms with van der Waals surface area (Å²) < 4.78 is 4.75. The van der Waals surface area contributed by atoms with Crippen molar-refractivity contribution in [3.63, 3.8) is 0 Å². The number of anilines is 1. The van der Waals surface area contributed by atoms with Crippen molar-refractivity contribution in [3.8, 4) is 0 Å². The Hall–Kier alpha value is -1.51. The molecule has 1 aromatic carbocycles. The van der Waals surface area contributed by atoms with Crippen LogP contribution in [0.3, 0.4) is 0 Å². The maximum Gasteiger partial charge on any atom is 0.306 e. The van der Waals surface area contributed by atoms with Crippen molar-refractivity contribution in [2.45, 2.75) is 25.2 Å². The molecule has 1 N–H and O–H groups in total. The zero-order valence-corrected chi connectivity index (χ0v) is 9.53. The number of hydrogen-bond donors (Lipinski definition) is 1. The van der Waals surface area contributed by atoms with Crippen molar-refractivity contribution < 1.29 is 9.53 Å². The summed E-state index contributed by atoms with van der Waals surface area (Å²) in [6.45, 7) is 0.981. The normalized spacial score (nSPS) is 19.2. The molecule has 0 amide bonds. The second kappa shape index (κ2) is 5.01. The molecule has 0 saturated heterocycles. The summed E-state index contributed by atoms with van der Waals surface area (Å²) in [6, 6.07) is 8.22. The zero-order valence-electron chi connectivity index (χ0n) is 9.53. The number of benzene rings is 1. The standard InChI is InChI=1S/C13H17NO2/c1-16-13(15)9-10-5-4-8-14-12-7-3-2-6-11(10)12/h2-3,6-7,10,14H,4-5,8-9H2,1H3/t10-/m1/s1. The molecule has 1 aliphatic heterocycles. The van der Waals surface area contributed by atoms with Gasteiger partial charge < -0.3 is 10.1 Å². The monoisotopic (exact) mass is 219 g/mol. The highest BCUT2D eigenvalue weighted by Gasteiger charge is 2.20. The lowest BCUT2D eigenvalue weighted by atomic mass is 9.91. The van der Waals surface area contributed by atoms with Crippen molar-refractivity contribution in [1.29, 1.82) is 0 Å². The van der Waals surface area contributed by atoms with Crippen LogP contribution < -0.4 is 5.32 Å². The fraction of sp³-hybridized carbons (Fsp3) is 0.462. The molecule has 0 fully saturated rings. The number of para-hydroxylation sites is 1. The average molecular weight is 219 g/mol. The number of esters is 1. The predicted molar refractivity (Wildman–Crippen MR) is 63.5 cm³/mol. The molecule has 1 atom stereocenters. The van der Waals surface area contributed by atoms with Gasteiger partial charge in [-0.2, -0.15) is 0 Å². The third-order valence-electron chi connectivity index (χ3n) is 3.09. The molecule has 3 nitrogen and oxygen atoms in total. The van der Waals surface area contributed by atoms with Gasteiger partial charge in [0.1, 0.15) is 0 Å². The SMILES string of the molecule is COC(=O)C[C@H]1CCCNc2ccccc21. The number of rotatable bonds is 2. The van der Waals surface area contributed by atoms with Gasteiger partial charge in [0.2, 0.25) is 0 Å². The average Bonchev–Trinajstić information content (AvgIpc) is 2.52. The fourth-order valence-electron chi connectivity index (χ4n) is 2.24. The molecular formula is C13H17NO2. The molecule has 3 heteroatoms. The highest BCUT2D eigenvalue weighted by Crippen LogP contribution is 2.33. The number of methoxy groups -OCH3 is 1. The van der Waals surface area contributed by atoms with Gasteiger partial charge in [-0.25, -0.2) is 0 Å². The molecular weight excluding hydrogens is 202 g/mol. The van der Waals surface area contributed by atoms with Crippen LogP contribution in [0.25, 0.3) is 0 Å². The lowest BCUT2D eigenvalue weighted by Gasteiger charge is -2.15. The van der Waals surface area contributed by atoms with E-state index in [0.717, 1.165) is 25.1 Å². The summed E-state index contributed by atoms with van der Waals surface area (Å²) in [5.74, 6) is 0.167. The first-order chi connectivity index (χ1) is 7.81.